The summed E-state index contributed by atoms with van der Waals surface area (Å²) in [4.78, 5) is 40.7. The first kappa shape index (κ1) is 61.7. The van der Waals surface area contributed by atoms with Gasteiger partial charge in [-0.2, -0.15) is 10.5 Å². The van der Waals surface area contributed by atoms with Crippen LogP contribution >= 0.6 is 0 Å². The lowest BCUT2D eigenvalue weighted by molar-refractivity contribution is 0.0686. The molecule has 0 atom stereocenters. The van der Waals surface area contributed by atoms with Crippen molar-refractivity contribution in [1.29, 1.82) is 10.5 Å². The van der Waals surface area contributed by atoms with Crippen LogP contribution in [0.15, 0.2) is 121 Å². The van der Waals surface area contributed by atoms with Gasteiger partial charge >= 0.3 is 11.9 Å². The molecule has 2 N–H and O–H groups in total. The normalized spacial score (nSPS) is 11.0. The predicted octanol–water partition coefficient (Wildman–Crippen LogP) is 11.8. The highest BCUT2D eigenvalue weighted by atomic mass is 19.1. The number of fused-ring (bicyclic) bond motifs is 2. The molecular weight excluding hydrogens is 1150 g/mol. The van der Waals surface area contributed by atoms with E-state index in [2.05, 4.69) is 19.9 Å². The lowest BCUT2D eigenvalue weighted by Crippen LogP contribution is -2.10. The number of hydrogen-bond donors (Lipinski definition) is 2. The Hall–Kier alpha value is -10.8. The lowest BCUT2D eigenvalue weighted by Gasteiger charge is -2.13. The van der Waals surface area contributed by atoms with Gasteiger partial charge in [0.05, 0.1) is 95.3 Å². The van der Waals surface area contributed by atoms with E-state index in [-0.39, 0.29) is 130 Å². The summed E-state index contributed by atoms with van der Waals surface area (Å²) in [6.45, 7) is 0.743. The highest BCUT2D eigenvalue weighted by Gasteiger charge is 2.23. The molecule has 0 bridgehead atoms. The van der Waals surface area contributed by atoms with Crippen molar-refractivity contribution in [1.82, 2.24) is 29.1 Å². The highest BCUT2D eigenvalue weighted by molar-refractivity contribution is 5.93. The van der Waals surface area contributed by atoms with Gasteiger partial charge in [-0.25, -0.2) is 55.9 Å². The topological polar surface area (TPSA) is 239 Å². The molecule has 10 aromatic rings. The van der Waals surface area contributed by atoms with E-state index in [4.69, 9.17) is 38.9 Å². The van der Waals surface area contributed by atoms with Crippen molar-refractivity contribution < 1.29 is 74.6 Å². The Bertz CT molecular complexity index is 4110. The Kier molecular flexibility index (Phi) is 19.3. The number of ether oxygens (including phenoxy) is 6. The van der Waals surface area contributed by atoms with Crippen molar-refractivity contribution in [3.8, 4) is 57.9 Å². The Morgan fingerprint density at radius 2 is 0.875 bits per heavy atom. The van der Waals surface area contributed by atoms with Gasteiger partial charge in [0.25, 0.3) is 0 Å². The Balaban J connectivity index is 0.000000209. The summed E-state index contributed by atoms with van der Waals surface area (Å²) in [5.41, 5.74) is 2.67. The SMILES string of the molecule is COCCn1c(Cc2cc(F)c(-c3cc(OC)cc(OCc4ccc(C#N)cc4F)n3)cc2F)nc2ccc(C(=O)O)cc21.COCCn1c(Cc2cc(F)c(-c3cc(OC)cc(OCc4ccc(C#N)cc4F)n3)cc2F)nc2ccc(C(=O)O)cc21. The molecule has 0 amide bonds. The third-order valence-electron chi connectivity index (χ3n) is 13.8. The van der Waals surface area contributed by atoms with Crippen LogP contribution in [0.1, 0.15) is 65.7 Å². The number of aromatic carboxylic acids is 2. The van der Waals surface area contributed by atoms with Crippen molar-refractivity contribution in [2.45, 2.75) is 39.1 Å². The second-order valence-corrected chi connectivity index (χ2v) is 19.4. The van der Waals surface area contributed by atoms with E-state index in [1.54, 1.807) is 21.3 Å². The number of carbonyl (C=O) groups is 2. The molecule has 88 heavy (non-hydrogen) atoms. The minimum atomic E-state index is -1.10. The molecular formula is C64H50F6N8O10. The van der Waals surface area contributed by atoms with Gasteiger partial charge < -0.3 is 47.8 Å². The van der Waals surface area contributed by atoms with Gasteiger partial charge in [0, 0.05) is 86.7 Å². The van der Waals surface area contributed by atoms with Crippen LogP contribution in [0.2, 0.25) is 0 Å². The summed E-state index contributed by atoms with van der Waals surface area (Å²) in [5, 5.41) is 36.7. The zero-order chi connectivity index (χ0) is 62.8. The number of rotatable bonds is 22. The maximum atomic E-state index is 15.5. The van der Waals surface area contributed by atoms with Gasteiger partial charge in [0.1, 0.15) is 71.3 Å². The van der Waals surface area contributed by atoms with Crippen molar-refractivity contribution in [3.63, 3.8) is 0 Å². The van der Waals surface area contributed by atoms with Crippen LogP contribution in [-0.4, -0.2) is 92.9 Å². The number of nitrogens with zero attached hydrogens (tertiary/aromatic N) is 8. The summed E-state index contributed by atoms with van der Waals surface area (Å²) >= 11 is 0. The van der Waals surface area contributed by atoms with Crippen LogP contribution in [0.3, 0.4) is 0 Å². The van der Waals surface area contributed by atoms with E-state index >= 15 is 17.6 Å². The lowest BCUT2D eigenvalue weighted by atomic mass is 10.0. The summed E-state index contributed by atoms with van der Waals surface area (Å²) in [7, 11) is 5.81. The third-order valence-corrected chi connectivity index (χ3v) is 13.8. The molecule has 0 fully saturated rings. The first-order valence-electron chi connectivity index (χ1n) is 26.5. The van der Waals surface area contributed by atoms with E-state index in [1.165, 1.54) is 101 Å². The Morgan fingerprint density at radius 3 is 1.23 bits per heavy atom. The number of carboxylic acid groups (broad SMARTS) is 2. The average molecular weight is 1210 g/mol. The number of pyridine rings is 2. The molecule has 0 unspecified atom stereocenters. The van der Waals surface area contributed by atoms with Gasteiger partial charge in [-0.1, -0.05) is 12.1 Å². The van der Waals surface area contributed by atoms with Gasteiger partial charge in [-0.3, -0.25) is 0 Å². The molecule has 0 spiro atoms. The van der Waals surface area contributed by atoms with Crippen LogP contribution in [-0.2, 0) is 48.6 Å². The summed E-state index contributed by atoms with van der Waals surface area (Å²) in [6.07, 6.45) is -0.167. The maximum Gasteiger partial charge on any atom is 0.335 e. The summed E-state index contributed by atoms with van der Waals surface area (Å²) < 4.78 is 126. The van der Waals surface area contributed by atoms with Crippen LogP contribution in [0.4, 0.5) is 26.3 Å². The minimum Gasteiger partial charge on any atom is -0.496 e. The second kappa shape index (κ2) is 27.5. The number of carboxylic acids is 2. The number of imidazole rings is 2. The van der Waals surface area contributed by atoms with Gasteiger partial charge in [0.2, 0.25) is 11.8 Å². The van der Waals surface area contributed by atoms with Crippen molar-refractivity contribution >= 4 is 34.0 Å². The molecule has 10 rings (SSSR count). The Labute approximate surface area is 497 Å². The minimum absolute atomic E-state index is 0.0143. The van der Waals surface area contributed by atoms with Crippen LogP contribution in [0.5, 0.6) is 23.3 Å². The number of benzene rings is 6. The fraction of sp³-hybridized carbons (Fsp3) is 0.188. The number of methoxy groups -OCH3 is 4. The second-order valence-electron chi connectivity index (χ2n) is 19.4. The van der Waals surface area contributed by atoms with Crippen LogP contribution in [0.25, 0.3) is 44.6 Å². The van der Waals surface area contributed by atoms with E-state index in [0.29, 0.717) is 46.8 Å². The average Bonchev–Trinajstić information content (AvgIpc) is 3.57. The molecule has 6 aromatic carbocycles. The molecule has 0 aliphatic carbocycles. The molecule has 24 heteroatoms. The zero-order valence-electron chi connectivity index (χ0n) is 47.2. The molecule has 0 aliphatic heterocycles. The number of nitriles is 2. The van der Waals surface area contributed by atoms with E-state index in [9.17, 15) is 28.6 Å². The quantitative estimate of drug-likeness (QED) is 0.0600. The number of aromatic nitrogens is 6. The molecule has 0 saturated heterocycles. The smallest absolute Gasteiger partial charge is 0.335 e. The summed E-state index contributed by atoms with van der Waals surface area (Å²) in [5.74, 6) is -5.15. The molecule has 4 heterocycles. The van der Waals surface area contributed by atoms with E-state index in [0.717, 1.165) is 36.4 Å². The van der Waals surface area contributed by atoms with Crippen LogP contribution in [0, 0.1) is 57.6 Å². The highest BCUT2D eigenvalue weighted by Crippen LogP contribution is 2.34. The molecule has 448 valence electrons. The van der Waals surface area contributed by atoms with E-state index < -0.39 is 46.8 Å². The zero-order valence-corrected chi connectivity index (χ0v) is 47.2. The standard InChI is InChI=1S/2C32H25F3N4O5/c2*1-42-8-7-39-29-11-19(32(40)41)5-6-27(29)37-30(39)12-21-10-26(35)23(15-25(21)34)28-13-22(43-2)14-31(38-28)44-17-20-4-3-18(16-36)9-24(20)33/h2*3-6,9-11,13-15H,7-8,12,17H2,1-2H3,(H,40,41). The van der Waals surface area contributed by atoms with Gasteiger partial charge in [-0.05, 0) is 96.1 Å². The maximum absolute atomic E-state index is 15.5. The first-order valence-corrected chi connectivity index (χ1v) is 26.5. The molecule has 0 aliphatic rings. The predicted molar refractivity (Wildman–Crippen MR) is 306 cm³/mol. The number of halogens is 6. The summed E-state index contributed by atoms with van der Waals surface area (Å²) in [6, 6.07) is 30.4. The first-order chi connectivity index (χ1) is 42.4. The third kappa shape index (κ3) is 14.1. The molecule has 18 nitrogen and oxygen atoms in total. The van der Waals surface area contributed by atoms with Gasteiger partial charge in [-0.15, -0.1) is 0 Å². The monoisotopic (exact) mass is 1200 g/mol. The fourth-order valence-corrected chi connectivity index (χ4v) is 9.32. The Morgan fingerprint density at radius 1 is 0.477 bits per heavy atom. The fourth-order valence-electron chi connectivity index (χ4n) is 9.32. The molecule has 0 radical (unpaired) electrons. The molecule has 4 aromatic heterocycles. The van der Waals surface area contributed by atoms with Crippen molar-refractivity contribution in [2.75, 3.05) is 41.7 Å². The van der Waals surface area contributed by atoms with Crippen molar-refractivity contribution in [2.24, 2.45) is 0 Å². The molecule has 0 saturated carbocycles. The van der Waals surface area contributed by atoms with Gasteiger partial charge in [0.15, 0.2) is 0 Å². The largest absolute Gasteiger partial charge is 0.496 e. The van der Waals surface area contributed by atoms with Crippen molar-refractivity contribution in [3.05, 3.63) is 212 Å². The number of hydrogen-bond acceptors (Lipinski definition) is 14. The van der Waals surface area contributed by atoms with Crippen LogP contribution < -0.4 is 18.9 Å². The van der Waals surface area contributed by atoms with E-state index in [1.807, 2.05) is 12.1 Å².